The Balaban J connectivity index is 2.26. The molecule has 0 fully saturated rings. The van der Waals surface area contributed by atoms with Gasteiger partial charge in [0.2, 0.25) is 0 Å². The van der Waals surface area contributed by atoms with E-state index in [1.54, 1.807) is 6.07 Å². The minimum atomic E-state index is -1.20. The summed E-state index contributed by atoms with van der Waals surface area (Å²) in [5, 5.41) is 21.5. The van der Waals surface area contributed by atoms with Crippen molar-refractivity contribution in [2.45, 2.75) is 0 Å². The highest BCUT2D eigenvalue weighted by Gasteiger charge is 2.10. The lowest BCUT2D eigenvalue weighted by atomic mass is 10.2. The van der Waals surface area contributed by atoms with Crippen LogP contribution in [0, 0.1) is 10.1 Å². The fourth-order valence-electron chi connectivity index (χ4n) is 1.72. The first kappa shape index (κ1) is 15.1. The van der Waals surface area contributed by atoms with Gasteiger partial charge in [-0.2, -0.15) is 0 Å². The summed E-state index contributed by atoms with van der Waals surface area (Å²) in [4.78, 5) is 20.7. The topological polar surface area (TPSA) is 111 Å². The molecule has 0 aliphatic rings. The second-order valence-electron chi connectivity index (χ2n) is 4.15. The third-order valence-electron chi connectivity index (χ3n) is 2.69. The van der Waals surface area contributed by atoms with Gasteiger partial charge in [0.15, 0.2) is 11.5 Å². The van der Waals surface area contributed by atoms with Crippen LogP contribution in [0.2, 0.25) is 0 Å². The number of nitrogens with one attached hydrogen (secondary N) is 1. The van der Waals surface area contributed by atoms with Crippen LogP contribution in [0.1, 0.15) is 0 Å². The van der Waals surface area contributed by atoms with Crippen LogP contribution in [0.5, 0.6) is 17.2 Å². The Labute approximate surface area is 125 Å². The van der Waals surface area contributed by atoms with Crippen LogP contribution < -0.4 is 14.8 Å². The van der Waals surface area contributed by atoms with E-state index in [1.807, 2.05) is 0 Å². The van der Waals surface area contributed by atoms with E-state index < -0.39 is 11.0 Å². The first-order valence-corrected chi connectivity index (χ1v) is 6.10. The smallest absolute Gasteiger partial charge is 0.409 e. The van der Waals surface area contributed by atoms with Crippen molar-refractivity contribution >= 4 is 17.5 Å². The maximum atomic E-state index is 10.6. The number of non-ortho nitro benzene ring substituents is 1. The summed E-state index contributed by atoms with van der Waals surface area (Å²) in [7, 11) is 1.45. The number of hydrogen-bond acceptors (Lipinski definition) is 5. The molecule has 2 N–H and O–H groups in total. The summed E-state index contributed by atoms with van der Waals surface area (Å²) < 4.78 is 10.7. The Bertz CT molecular complexity index is 699. The molecule has 22 heavy (non-hydrogen) atoms. The van der Waals surface area contributed by atoms with Gasteiger partial charge in [-0.05, 0) is 24.3 Å². The fourth-order valence-corrected chi connectivity index (χ4v) is 1.72. The van der Waals surface area contributed by atoms with Crippen LogP contribution in [-0.2, 0) is 0 Å². The lowest BCUT2D eigenvalue weighted by Crippen LogP contribution is -2.07. The quantitative estimate of drug-likeness (QED) is 0.646. The third-order valence-corrected chi connectivity index (χ3v) is 2.69. The Morgan fingerprint density at radius 3 is 2.41 bits per heavy atom. The van der Waals surface area contributed by atoms with Crippen molar-refractivity contribution in [1.82, 2.24) is 0 Å². The summed E-state index contributed by atoms with van der Waals surface area (Å²) in [5.74, 6) is 1.04. The molecule has 0 saturated carbocycles. The molecular formula is C14H12N2O6. The Hall–Kier alpha value is -3.29. The third kappa shape index (κ3) is 3.63. The molecule has 2 aromatic rings. The number of ether oxygens (including phenoxy) is 2. The molecule has 2 aromatic carbocycles. The van der Waals surface area contributed by atoms with E-state index in [0.717, 1.165) is 0 Å². The van der Waals surface area contributed by atoms with Crippen LogP contribution in [0.4, 0.5) is 16.2 Å². The van der Waals surface area contributed by atoms with E-state index >= 15 is 0 Å². The predicted molar refractivity (Wildman–Crippen MR) is 77.8 cm³/mol. The second kappa shape index (κ2) is 6.44. The van der Waals surface area contributed by atoms with Gasteiger partial charge in [0.1, 0.15) is 5.75 Å². The summed E-state index contributed by atoms with van der Waals surface area (Å²) in [6.45, 7) is 0. The van der Waals surface area contributed by atoms with E-state index in [0.29, 0.717) is 17.2 Å². The minimum Gasteiger partial charge on any atom is -0.493 e. The number of hydrogen-bond donors (Lipinski definition) is 2. The summed E-state index contributed by atoms with van der Waals surface area (Å²) in [5.41, 5.74) is 0.255. The number of carbonyl (C=O) groups is 1. The van der Waals surface area contributed by atoms with Crippen LogP contribution in [0.25, 0.3) is 0 Å². The lowest BCUT2D eigenvalue weighted by Gasteiger charge is -2.12. The van der Waals surface area contributed by atoms with Gasteiger partial charge < -0.3 is 14.6 Å². The van der Waals surface area contributed by atoms with Crippen LogP contribution in [0.15, 0.2) is 42.5 Å². The zero-order chi connectivity index (χ0) is 16.1. The van der Waals surface area contributed by atoms with Crippen LogP contribution in [0.3, 0.4) is 0 Å². The zero-order valence-electron chi connectivity index (χ0n) is 11.5. The highest BCUT2D eigenvalue weighted by atomic mass is 16.6. The number of methoxy groups -OCH3 is 1. The molecule has 0 bridgehead atoms. The number of nitrogens with zero attached hydrogens (tertiary/aromatic N) is 1. The molecule has 0 atom stereocenters. The monoisotopic (exact) mass is 304 g/mol. The van der Waals surface area contributed by atoms with E-state index in [1.165, 1.54) is 43.5 Å². The first-order chi connectivity index (χ1) is 10.5. The molecule has 1 amide bonds. The molecule has 114 valence electrons. The Kier molecular flexibility index (Phi) is 4.42. The Morgan fingerprint density at radius 2 is 1.86 bits per heavy atom. The van der Waals surface area contributed by atoms with Crippen molar-refractivity contribution in [2.24, 2.45) is 0 Å². The zero-order valence-corrected chi connectivity index (χ0v) is 11.5. The van der Waals surface area contributed by atoms with Gasteiger partial charge in [-0.15, -0.1) is 0 Å². The number of nitro benzene ring substituents is 1. The molecular weight excluding hydrogens is 292 g/mol. The molecule has 8 heteroatoms. The van der Waals surface area contributed by atoms with Crippen molar-refractivity contribution in [3.05, 3.63) is 52.6 Å². The van der Waals surface area contributed by atoms with E-state index in [9.17, 15) is 14.9 Å². The van der Waals surface area contributed by atoms with Crippen molar-refractivity contribution in [1.29, 1.82) is 0 Å². The minimum absolute atomic E-state index is 0.0550. The van der Waals surface area contributed by atoms with Crippen LogP contribution in [-0.4, -0.2) is 23.2 Å². The van der Waals surface area contributed by atoms with Crippen molar-refractivity contribution in [3.63, 3.8) is 0 Å². The van der Waals surface area contributed by atoms with Gasteiger partial charge in [-0.3, -0.25) is 15.4 Å². The molecule has 0 aliphatic carbocycles. The molecule has 0 spiro atoms. The van der Waals surface area contributed by atoms with Gasteiger partial charge in [0.25, 0.3) is 5.69 Å². The van der Waals surface area contributed by atoms with E-state index in [-0.39, 0.29) is 11.4 Å². The normalized spacial score (nSPS) is 9.86. The first-order valence-electron chi connectivity index (χ1n) is 6.10. The molecule has 0 heterocycles. The molecule has 0 unspecified atom stereocenters. The standard InChI is InChI=1S/C14H12N2O6/c1-21-12-7-2-9(15-14(17)18)8-13(12)22-11-5-3-10(4-6-11)16(19)20/h2-8,15H,1H3,(H,17,18). The summed E-state index contributed by atoms with van der Waals surface area (Å²) >= 11 is 0. The average Bonchev–Trinajstić information content (AvgIpc) is 2.47. The molecule has 0 radical (unpaired) electrons. The maximum Gasteiger partial charge on any atom is 0.409 e. The van der Waals surface area contributed by atoms with Crippen molar-refractivity contribution in [3.8, 4) is 17.2 Å². The van der Waals surface area contributed by atoms with Crippen molar-refractivity contribution in [2.75, 3.05) is 12.4 Å². The summed E-state index contributed by atoms with van der Waals surface area (Å²) in [6.07, 6.45) is -1.20. The van der Waals surface area contributed by atoms with Crippen LogP contribution >= 0.6 is 0 Å². The maximum absolute atomic E-state index is 10.6. The summed E-state index contributed by atoms with van der Waals surface area (Å²) in [6, 6.07) is 10.0. The number of anilines is 1. The molecule has 8 nitrogen and oxygen atoms in total. The van der Waals surface area contributed by atoms with Crippen molar-refractivity contribution < 1.29 is 24.3 Å². The number of rotatable bonds is 5. The highest BCUT2D eigenvalue weighted by molar-refractivity contribution is 5.83. The lowest BCUT2D eigenvalue weighted by molar-refractivity contribution is -0.384. The Morgan fingerprint density at radius 1 is 1.18 bits per heavy atom. The van der Waals surface area contributed by atoms with Gasteiger partial charge >= 0.3 is 6.09 Å². The van der Waals surface area contributed by atoms with E-state index in [4.69, 9.17) is 14.6 Å². The molecule has 0 saturated heterocycles. The number of benzene rings is 2. The molecule has 2 rings (SSSR count). The fraction of sp³-hybridized carbons (Fsp3) is 0.0714. The molecule has 0 aliphatic heterocycles. The predicted octanol–water partition coefficient (Wildman–Crippen LogP) is 3.49. The molecule has 0 aromatic heterocycles. The largest absolute Gasteiger partial charge is 0.493 e. The highest BCUT2D eigenvalue weighted by Crippen LogP contribution is 2.34. The number of amides is 1. The van der Waals surface area contributed by atoms with Gasteiger partial charge in [-0.25, -0.2) is 4.79 Å². The SMILES string of the molecule is COc1ccc(NC(=O)O)cc1Oc1ccc([N+](=O)[O-])cc1. The second-order valence-corrected chi connectivity index (χ2v) is 4.15. The van der Waals surface area contributed by atoms with Gasteiger partial charge in [0.05, 0.1) is 12.0 Å². The van der Waals surface area contributed by atoms with Gasteiger partial charge in [-0.1, -0.05) is 0 Å². The van der Waals surface area contributed by atoms with Gasteiger partial charge in [0, 0.05) is 23.9 Å². The van der Waals surface area contributed by atoms with E-state index in [2.05, 4.69) is 5.32 Å². The average molecular weight is 304 g/mol. The number of nitro groups is 1. The number of carboxylic acid groups (broad SMARTS) is 1.